The molecule has 0 radical (unpaired) electrons. The molecule has 4 rings (SSSR count). The first-order valence-electron chi connectivity index (χ1n) is 9.78. The van der Waals surface area contributed by atoms with Gasteiger partial charge < -0.3 is 9.90 Å². The van der Waals surface area contributed by atoms with Gasteiger partial charge in [0.15, 0.2) is 8.68 Å². The predicted octanol–water partition coefficient (Wildman–Crippen LogP) is 3.59. The molecule has 33 heavy (non-hydrogen) atoms. The summed E-state index contributed by atoms with van der Waals surface area (Å²) in [5.41, 5.74) is 3.98. The van der Waals surface area contributed by atoms with E-state index in [0.717, 1.165) is 10.1 Å². The number of carbonyl (C=O) groups excluding carboxylic acids is 2. The van der Waals surface area contributed by atoms with Gasteiger partial charge in [-0.3, -0.25) is 4.79 Å². The first-order valence-corrected chi connectivity index (χ1v) is 12.6. The Bertz CT molecular complexity index is 1320. The van der Waals surface area contributed by atoms with Crippen LogP contribution in [0.4, 0.5) is 0 Å². The zero-order valence-corrected chi connectivity index (χ0v) is 19.6. The van der Waals surface area contributed by atoms with Crippen LogP contribution in [0.25, 0.3) is 10.8 Å². The van der Waals surface area contributed by atoms with Crippen molar-refractivity contribution in [2.24, 2.45) is 5.10 Å². The number of carboxylic acid groups (broad SMARTS) is 1. The highest BCUT2D eigenvalue weighted by Crippen LogP contribution is 2.32. The van der Waals surface area contributed by atoms with Crippen molar-refractivity contribution in [2.75, 3.05) is 5.75 Å². The molecule has 7 nitrogen and oxygen atoms in total. The Kier molecular flexibility index (Phi) is 7.71. The molecule has 0 aliphatic heterocycles. The van der Waals surface area contributed by atoms with Crippen molar-refractivity contribution in [3.8, 4) is 0 Å². The number of aromatic carboxylic acids is 1. The molecule has 1 aromatic heterocycles. The maximum atomic E-state index is 12.0. The van der Waals surface area contributed by atoms with Crippen molar-refractivity contribution in [3.05, 3.63) is 83.4 Å². The zero-order valence-electron chi connectivity index (χ0n) is 17.1. The monoisotopic (exact) mass is 493 g/mol. The number of thioether (sulfide) groups is 2. The summed E-state index contributed by atoms with van der Waals surface area (Å²) in [6.45, 7) is 0. The molecule has 0 saturated heterocycles. The van der Waals surface area contributed by atoms with E-state index in [9.17, 15) is 14.7 Å². The molecule has 4 aromatic rings. The van der Waals surface area contributed by atoms with E-state index in [4.69, 9.17) is 0 Å². The van der Waals surface area contributed by atoms with Crippen molar-refractivity contribution in [1.29, 1.82) is 0 Å². The number of nitrogens with one attached hydrogen (secondary N) is 1. The van der Waals surface area contributed by atoms with Gasteiger partial charge in [-0.25, -0.2) is 5.43 Å². The molecule has 166 valence electrons. The Morgan fingerprint density at radius 3 is 2.55 bits per heavy atom. The quantitative estimate of drug-likeness (QED) is 0.216. The van der Waals surface area contributed by atoms with E-state index >= 15 is 0 Å². The minimum atomic E-state index is -1.30. The molecule has 1 amide bonds. The third kappa shape index (κ3) is 6.19. The Morgan fingerprint density at radius 1 is 0.970 bits per heavy atom. The summed E-state index contributed by atoms with van der Waals surface area (Å²) in [6, 6.07) is 20.8. The van der Waals surface area contributed by atoms with Crippen LogP contribution in [0.5, 0.6) is 0 Å². The van der Waals surface area contributed by atoms with Gasteiger partial charge in [-0.1, -0.05) is 102 Å². The van der Waals surface area contributed by atoms with Gasteiger partial charge >= 0.3 is 0 Å². The lowest BCUT2D eigenvalue weighted by molar-refractivity contribution is -0.255. The Hall–Kier alpha value is -3.21. The third-order valence-corrected chi connectivity index (χ3v) is 7.76. The number of hydrogen-bond acceptors (Lipinski definition) is 9. The fraction of sp³-hybridized carbons (Fsp3) is 0.0870. The van der Waals surface area contributed by atoms with Crippen molar-refractivity contribution in [2.45, 2.75) is 14.4 Å². The molecule has 1 N–H and O–H groups in total. The smallest absolute Gasteiger partial charge is 0.250 e. The molecule has 0 bridgehead atoms. The summed E-state index contributed by atoms with van der Waals surface area (Å²) in [5.74, 6) is -0.739. The minimum absolute atomic E-state index is 0.00673. The summed E-state index contributed by atoms with van der Waals surface area (Å²) in [4.78, 5) is 23.1. The van der Waals surface area contributed by atoms with E-state index in [0.29, 0.717) is 9.90 Å². The van der Waals surface area contributed by atoms with E-state index in [1.807, 2.05) is 12.1 Å². The topological polar surface area (TPSA) is 107 Å². The van der Waals surface area contributed by atoms with E-state index in [2.05, 4.69) is 51.1 Å². The second-order valence-electron chi connectivity index (χ2n) is 6.72. The lowest BCUT2D eigenvalue weighted by Gasteiger charge is -2.05. The first kappa shape index (κ1) is 23.0. The van der Waals surface area contributed by atoms with Crippen molar-refractivity contribution in [1.82, 2.24) is 15.6 Å². The molecule has 0 saturated carbocycles. The standard InChI is InChI=1S/C23H18N4O3S3/c28-20(25-24-12-16-7-2-4-11-19(16)21(29)30)14-32-23-27-26-22(33-23)31-13-17-9-5-8-15-6-1-3-10-18(15)17/h1-12H,13-14H2,(H,25,28)(H,29,30)/p-1/b24-12-. The highest BCUT2D eigenvalue weighted by atomic mass is 32.2. The number of fused-ring (bicyclic) bond motifs is 1. The van der Waals surface area contributed by atoms with Gasteiger partial charge in [-0.15, -0.1) is 10.2 Å². The number of hydrazone groups is 1. The maximum Gasteiger partial charge on any atom is 0.250 e. The van der Waals surface area contributed by atoms with Crippen LogP contribution in [-0.2, 0) is 10.5 Å². The largest absolute Gasteiger partial charge is 0.545 e. The minimum Gasteiger partial charge on any atom is -0.545 e. The molecule has 0 fully saturated rings. The second-order valence-corrected chi connectivity index (χ2v) is 10.1. The number of nitrogens with zero attached hydrogens (tertiary/aromatic N) is 3. The van der Waals surface area contributed by atoms with E-state index in [-0.39, 0.29) is 17.2 Å². The van der Waals surface area contributed by atoms with Crippen LogP contribution in [-0.4, -0.2) is 34.0 Å². The number of rotatable bonds is 9. The van der Waals surface area contributed by atoms with E-state index in [1.165, 1.54) is 51.7 Å². The van der Waals surface area contributed by atoms with Gasteiger partial charge in [0.05, 0.1) is 17.9 Å². The normalized spacial score (nSPS) is 11.2. The molecular weight excluding hydrogens is 476 g/mol. The summed E-state index contributed by atoms with van der Waals surface area (Å²) < 4.78 is 1.53. The van der Waals surface area contributed by atoms with Crippen LogP contribution in [0.2, 0.25) is 0 Å². The number of carboxylic acids is 1. The van der Waals surface area contributed by atoms with Crippen molar-refractivity contribution in [3.63, 3.8) is 0 Å². The van der Waals surface area contributed by atoms with Gasteiger partial charge in [-0.2, -0.15) is 5.10 Å². The summed E-state index contributed by atoms with van der Waals surface area (Å²) in [6.07, 6.45) is 1.28. The number of amides is 1. The molecule has 1 heterocycles. The van der Waals surface area contributed by atoms with Crippen LogP contribution < -0.4 is 10.5 Å². The number of carbonyl (C=O) groups is 2. The molecule has 0 aliphatic rings. The average molecular weight is 494 g/mol. The lowest BCUT2D eigenvalue weighted by Crippen LogP contribution is -2.24. The van der Waals surface area contributed by atoms with Crippen molar-refractivity contribution >= 4 is 63.7 Å². The number of aromatic nitrogens is 2. The van der Waals surface area contributed by atoms with Crippen molar-refractivity contribution < 1.29 is 14.7 Å². The van der Waals surface area contributed by atoms with Crippen LogP contribution in [0.1, 0.15) is 21.5 Å². The molecule has 0 atom stereocenters. The van der Waals surface area contributed by atoms with Crippen LogP contribution in [0.15, 0.2) is 80.5 Å². The number of benzene rings is 3. The SMILES string of the molecule is O=C(CSc1nnc(SCc2cccc3ccccc23)s1)N/N=C\c1ccccc1C(=O)[O-]. The Balaban J connectivity index is 1.27. The highest BCUT2D eigenvalue weighted by molar-refractivity contribution is 8.03. The maximum absolute atomic E-state index is 12.0. The molecule has 0 spiro atoms. The van der Waals surface area contributed by atoms with E-state index in [1.54, 1.807) is 30.0 Å². The molecule has 3 aromatic carbocycles. The van der Waals surface area contributed by atoms with Crippen LogP contribution in [0.3, 0.4) is 0 Å². The zero-order chi connectivity index (χ0) is 23.0. The van der Waals surface area contributed by atoms with Crippen LogP contribution in [0, 0.1) is 0 Å². The summed E-state index contributed by atoms with van der Waals surface area (Å²) in [5, 5.41) is 25.7. The summed E-state index contributed by atoms with van der Waals surface area (Å²) >= 11 is 4.32. The molecule has 10 heteroatoms. The van der Waals surface area contributed by atoms with Gasteiger partial charge in [-0.05, 0) is 16.3 Å². The second kappa shape index (κ2) is 11.1. The van der Waals surface area contributed by atoms with E-state index < -0.39 is 5.97 Å². The fourth-order valence-corrected chi connectivity index (χ4v) is 5.82. The fourth-order valence-electron chi connectivity index (χ4n) is 3.00. The average Bonchev–Trinajstić information content (AvgIpc) is 3.29. The van der Waals surface area contributed by atoms with Gasteiger partial charge in [0.1, 0.15) is 0 Å². The number of hydrogen-bond donors (Lipinski definition) is 1. The molecular formula is C23H17N4O3S3-. The van der Waals surface area contributed by atoms with Gasteiger partial charge in [0.25, 0.3) is 5.91 Å². The highest BCUT2D eigenvalue weighted by Gasteiger charge is 2.10. The molecule has 0 aliphatic carbocycles. The third-order valence-electron chi connectivity index (χ3n) is 4.52. The predicted molar refractivity (Wildman–Crippen MR) is 131 cm³/mol. The Morgan fingerprint density at radius 2 is 1.70 bits per heavy atom. The lowest BCUT2D eigenvalue weighted by atomic mass is 10.1. The summed E-state index contributed by atoms with van der Waals surface area (Å²) in [7, 11) is 0. The molecule has 0 unspecified atom stereocenters. The van der Waals surface area contributed by atoms with Gasteiger partial charge in [0, 0.05) is 16.9 Å². The van der Waals surface area contributed by atoms with Crippen LogP contribution >= 0.6 is 34.9 Å². The first-order chi connectivity index (χ1) is 16.1. The van der Waals surface area contributed by atoms with Gasteiger partial charge in [0.2, 0.25) is 0 Å². The Labute approximate surface area is 202 Å².